The Bertz CT molecular complexity index is 771. The average Bonchev–Trinajstić information content (AvgIpc) is 2.67. The predicted octanol–water partition coefficient (Wildman–Crippen LogP) is 4.32. The molecule has 1 atom stereocenters. The molecule has 0 spiro atoms. The highest BCUT2D eigenvalue weighted by Crippen LogP contribution is 2.34. The number of halogens is 3. The summed E-state index contributed by atoms with van der Waals surface area (Å²) in [5.41, 5.74) is 1.83. The Morgan fingerprint density at radius 1 is 1.04 bits per heavy atom. The topological polar surface area (TPSA) is 23.6 Å². The van der Waals surface area contributed by atoms with Crippen LogP contribution in [0.15, 0.2) is 48.5 Å². The number of rotatable bonds is 2. The minimum absolute atomic E-state index is 0.0300. The number of fused-ring (bicyclic) bond motifs is 1. The van der Waals surface area contributed by atoms with Gasteiger partial charge < -0.3 is 9.80 Å². The molecule has 0 unspecified atom stereocenters. The van der Waals surface area contributed by atoms with Crippen molar-refractivity contribution in [3.8, 4) is 0 Å². The summed E-state index contributed by atoms with van der Waals surface area (Å²) in [6.45, 7) is 2.83. The van der Waals surface area contributed by atoms with Gasteiger partial charge in [-0.2, -0.15) is 13.2 Å². The van der Waals surface area contributed by atoms with Crippen LogP contribution in [0, 0.1) is 5.92 Å². The van der Waals surface area contributed by atoms with Crippen LogP contribution >= 0.6 is 0 Å². The molecule has 132 valence electrons. The van der Waals surface area contributed by atoms with Crippen LogP contribution in [0.25, 0.3) is 0 Å². The van der Waals surface area contributed by atoms with Gasteiger partial charge >= 0.3 is 6.18 Å². The molecule has 2 aromatic rings. The fraction of sp³-hybridized carbons (Fsp3) is 0.316. The molecule has 0 radical (unpaired) electrons. The third kappa shape index (κ3) is 3.48. The maximum absolute atomic E-state index is 12.7. The summed E-state index contributed by atoms with van der Waals surface area (Å²) in [6.07, 6.45) is -4.34. The predicted molar refractivity (Wildman–Crippen MR) is 91.5 cm³/mol. The van der Waals surface area contributed by atoms with Crippen LogP contribution in [0.3, 0.4) is 0 Å². The van der Waals surface area contributed by atoms with Gasteiger partial charge in [-0.05, 0) is 29.8 Å². The van der Waals surface area contributed by atoms with Gasteiger partial charge in [0.05, 0.1) is 22.9 Å². The van der Waals surface area contributed by atoms with E-state index in [0.29, 0.717) is 13.1 Å². The molecule has 1 heterocycles. The summed E-state index contributed by atoms with van der Waals surface area (Å²) in [5, 5.41) is 0. The number of hydrogen-bond acceptors (Lipinski definition) is 2. The van der Waals surface area contributed by atoms with E-state index in [-0.39, 0.29) is 11.8 Å². The second-order valence-electron chi connectivity index (χ2n) is 6.36. The Labute approximate surface area is 144 Å². The minimum Gasteiger partial charge on any atom is -0.365 e. The average molecular weight is 348 g/mol. The molecule has 0 fully saturated rings. The van der Waals surface area contributed by atoms with Crippen molar-refractivity contribution in [3.05, 3.63) is 59.7 Å². The molecule has 0 saturated carbocycles. The van der Waals surface area contributed by atoms with Gasteiger partial charge in [0.15, 0.2) is 0 Å². The highest BCUT2D eigenvalue weighted by atomic mass is 19.4. The minimum atomic E-state index is -4.34. The molecule has 0 aromatic heterocycles. The van der Waals surface area contributed by atoms with Crippen molar-refractivity contribution in [2.75, 3.05) is 23.4 Å². The summed E-state index contributed by atoms with van der Waals surface area (Å²) in [5.74, 6) is -0.172. The second kappa shape index (κ2) is 6.43. The number of benzene rings is 2. The Morgan fingerprint density at radius 3 is 2.24 bits per heavy atom. The lowest BCUT2D eigenvalue weighted by molar-refractivity contribution is -0.137. The Morgan fingerprint density at radius 2 is 1.64 bits per heavy atom. The highest BCUT2D eigenvalue weighted by molar-refractivity contribution is 5.99. The summed E-state index contributed by atoms with van der Waals surface area (Å²) < 4.78 is 38.1. The molecular formula is C19H19F3N2O. The quantitative estimate of drug-likeness (QED) is 0.807. The maximum atomic E-state index is 12.7. The molecule has 6 heteroatoms. The Balaban J connectivity index is 1.91. The van der Waals surface area contributed by atoms with Crippen molar-refractivity contribution in [2.45, 2.75) is 19.6 Å². The molecule has 0 aliphatic carbocycles. The van der Waals surface area contributed by atoms with Gasteiger partial charge in [0.1, 0.15) is 0 Å². The van der Waals surface area contributed by atoms with Crippen LogP contribution in [-0.2, 0) is 17.5 Å². The third-order valence-corrected chi connectivity index (χ3v) is 4.48. The van der Waals surface area contributed by atoms with Gasteiger partial charge in [0, 0.05) is 20.1 Å². The zero-order chi connectivity index (χ0) is 18.2. The summed E-state index contributed by atoms with van der Waals surface area (Å²) in [4.78, 5) is 16.1. The van der Waals surface area contributed by atoms with E-state index < -0.39 is 11.7 Å². The maximum Gasteiger partial charge on any atom is 0.416 e. The van der Waals surface area contributed by atoms with Gasteiger partial charge in [-0.3, -0.25) is 4.79 Å². The number of nitrogens with zero attached hydrogens (tertiary/aromatic N) is 2. The summed E-state index contributed by atoms with van der Waals surface area (Å²) in [6, 6.07) is 12.8. The molecule has 0 bridgehead atoms. The molecule has 1 aliphatic rings. The first-order valence-electron chi connectivity index (χ1n) is 8.05. The van der Waals surface area contributed by atoms with Crippen molar-refractivity contribution in [3.63, 3.8) is 0 Å². The van der Waals surface area contributed by atoms with Crippen LogP contribution in [0.4, 0.5) is 24.5 Å². The van der Waals surface area contributed by atoms with Crippen LogP contribution < -0.4 is 9.80 Å². The third-order valence-electron chi connectivity index (χ3n) is 4.48. The largest absolute Gasteiger partial charge is 0.416 e. The van der Waals surface area contributed by atoms with Crippen molar-refractivity contribution in [2.24, 2.45) is 5.92 Å². The van der Waals surface area contributed by atoms with Gasteiger partial charge in [-0.1, -0.05) is 31.2 Å². The first-order valence-corrected chi connectivity index (χ1v) is 8.05. The van der Waals surface area contributed by atoms with Crippen molar-refractivity contribution < 1.29 is 18.0 Å². The van der Waals surface area contributed by atoms with Gasteiger partial charge in [-0.25, -0.2) is 0 Å². The van der Waals surface area contributed by atoms with E-state index in [2.05, 4.69) is 0 Å². The molecule has 1 amide bonds. The number of amides is 1. The standard InChI is InChI=1S/C19H19F3N2O/c1-13-11-24(12-14-7-9-15(10-8-14)19(20,21)22)17-6-4-3-5-16(17)23(2)18(13)25/h3-10,13H,11-12H2,1-2H3/t13-/m1/s1. The van der Waals surface area contributed by atoms with E-state index >= 15 is 0 Å². The summed E-state index contributed by atoms with van der Waals surface area (Å²) >= 11 is 0. The number of anilines is 2. The fourth-order valence-electron chi connectivity index (χ4n) is 3.14. The SMILES string of the molecule is C[C@@H]1CN(Cc2ccc(C(F)(F)F)cc2)c2ccccc2N(C)C1=O. The van der Waals surface area contributed by atoms with Crippen molar-refractivity contribution >= 4 is 17.3 Å². The van der Waals surface area contributed by atoms with Gasteiger partial charge in [-0.15, -0.1) is 0 Å². The number of para-hydroxylation sites is 2. The fourth-order valence-corrected chi connectivity index (χ4v) is 3.14. The Hall–Kier alpha value is -2.50. The molecular weight excluding hydrogens is 329 g/mol. The van der Waals surface area contributed by atoms with Crippen molar-refractivity contribution in [1.29, 1.82) is 0 Å². The lowest BCUT2D eigenvalue weighted by Crippen LogP contribution is -2.34. The highest BCUT2D eigenvalue weighted by Gasteiger charge is 2.31. The molecule has 25 heavy (non-hydrogen) atoms. The number of hydrogen-bond donors (Lipinski definition) is 0. The van der Waals surface area contributed by atoms with Gasteiger partial charge in [0.2, 0.25) is 5.91 Å². The zero-order valence-electron chi connectivity index (χ0n) is 14.0. The zero-order valence-corrected chi connectivity index (χ0v) is 14.0. The van der Waals surface area contributed by atoms with E-state index in [4.69, 9.17) is 0 Å². The molecule has 0 saturated heterocycles. The van der Waals surface area contributed by atoms with Crippen LogP contribution in [0.2, 0.25) is 0 Å². The van der Waals surface area contributed by atoms with E-state index in [1.807, 2.05) is 36.1 Å². The first kappa shape index (κ1) is 17.3. The van der Waals surface area contributed by atoms with E-state index in [1.165, 1.54) is 12.1 Å². The van der Waals surface area contributed by atoms with Gasteiger partial charge in [0.25, 0.3) is 0 Å². The lowest BCUT2D eigenvalue weighted by Gasteiger charge is -2.26. The Kier molecular flexibility index (Phi) is 4.45. The van der Waals surface area contributed by atoms with Crippen LogP contribution in [0.5, 0.6) is 0 Å². The number of alkyl halides is 3. The second-order valence-corrected chi connectivity index (χ2v) is 6.36. The normalized spacial score (nSPS) is 18.1. The van der Waals surface area contributed by atoms with Crippen molar-refractivity contribution in [1.82, 2.24) is 0 Å². The molecule has 2 aromatic carbocycles. The number of carbonyl (C=O) groups excluding carboxylic acids is 1. The van der Waals surface area contributed by atoms with E-state index in [9.17, 15) is 18.0 Å². The molecule has 1 aliphatic heterocycles. The number of carbonyl (C=O) groups is 1. The van der Waals surface area contributed by atoms with Crippen LogP contribution in [0.1, 0.15) is 18.1 Å². The smallest absolute Gasteiger partial charge is 0.365 e. The molecule has 0 N–H and O–H groups in total. The molecule has 3 rings (SSSR count). The summed E-state index contributed by atoms with van der Waals surface area (Å²) in [7, 11) is 1.75. The monoisotopic (exact) mass is 348 g/mol. The van der Waals surface area contributed by atoms with E-state index in [1.54, 1.807) is 11.9 Å². The lowest BCUT2D eigenvalue weighted by atomic mass is 10.1. The molecule has 3 nitrogen and oxygen atoms in total. The van der Waals surface area contributed by atoms with Crippen LogP contribution in [-0.4, -0.2) is 19.5 Å². The van der Waals surface area contributed by atoms with E-state index in [0.717, 1.165) is 29.1 Å². The first-order chi connectivity index (χ1) is 11.8.